The molecule has 2 aliphatic heterocycles. The molecule has 0 amide bonds. The van der Waals surface area contributed by atoms with Gasteiger partial charge in [0.15, 0.2) is 0 Å². The minimum absolute atomic E-state index is 0.112. The van der Waals surface area contributed by atoms with Crippen molar-refractivity contribution in [1.29, 1.82) is 0 Å². The normalized spacial score (nSPS) is 33.6. The highest BCUT2D eigenvalue weighted by Gasteiger charge is 2.40. The third kappa shape index (κ3) is 2.72. The van der Waals surface area contributed by atoms with Gasteiger partial charge in [-0.15, -0.1) is 11.6 Å². The first-order valence-electron chi connectivity index (χ1n) is 6.49. The van der Waals surface area contributed by atoms with Gasteiger partial charge in [0.2, 0.25) is 0 Å². The summed E-state index contributed by atoms with van der Waals surface area (Å²) >= 11 is 6.22. The summed E-state index contributed by atoms with van der Waals surface area (Å²) in [4.78, 5) is 0. The highest BCUT2D eigenvalue weighted by Crippen LogP contribution is 2.41. The van der Waals surface area contributed by atoms with E-state index < -0.39 is 0 Å². The lowest BCUT2D eigenvalue weighted by Crippen LogP contribution is -2.46. The third-order valence-electron chi connectivity index (χ3n) is 4.40. The fraction of sp³-hybridized carbons (Fsp3) is 1.00. The number of alkyl halides is 1. The molecule has 3 heteroatoms. The van der Waals surface area contributed by atoms with Gasteiger partial charge in [-0.3, -0.25) is 0 Å². The Balaban J connectivity index is 1.97. The van der Waals surface area contributed by atoms with Crippen LogP contribution >= 0.6 is 11.6 Å². The molecular weight excluding hydrogens is 224 g/mol. The smallest absolute Gasteiger partial charge is 0.0729 e. The van der Waals surface area contributed by atoms with Crippen molar-refractivity contribution in [2.75, 3.05) is 19.8 Å². The summed E-state index contributed by atoms with van der Waals surface area (Å²) in [7, 11) is 0. The van der Waals surface area contributed by atoms with E-state index in [9.17, 15) is 0 Å². The van der Waals surface area contributed by atoms with Gasteiger partial charge in [-0.05, 0) is 44.4 Å². The van der Waals surface area contributed by atoms with Gasteiger partial charge in [0.1, 0.15) is 0 Å². The second-order valence-corrected chi connectivity index (χ2v) is 6.12. The van der Waals surface area contributed by atoms with Crippen molar-refractivity contribution >= 4 is 11.6 Å². The Kier molecular flexibility index (Phi) is 4.15. The van der Waals surface area contributed by atoms with Crippen molar-refractivity contribution in [3.8, 4) is 0 Å². The maximum absolute atomic E-state index is 6.22. The molecule has 16 heavy (non-hydrogen) atoms. The van der Waals surface area contributed by atoms with E-state index in [1.807, 2.05) is 0 Å². The van der Waals surface area contributed by atoms with E-state index in [1.54, 1.807) is 0 Å². The fourth-order valence-electron chi connectivity index (χ4n) is 2.98. The monoisotopic (exact) mass is 246 g/mol. The molecule has 1 spiro atoms. The molecular formula is C13H23ClO2. The summed E-state index contributed by atoms with van der Waals surface area (Å²) in [5.41, 5.74) is 0.112. The van der Waals surface area contributed by atoms with E-state index in [0.717, 1.165) is 38.6 Å². The van der Waals surface area contributed by atoms with Gasteiger partial charge in [-0.1, -0.05) is 6.92 Å². The second-order valence-electron chi connectivity index (χ2n) is 5.43. The first kappa shape index (κ1) is 12.7. The Bertz CT molecular complexity index is 218. The summed E-state index contributed by atoms with van der Waals surface area (Å²) in [6, 6.07) is 0. The van der Waals surface area contributed by atoms with Gasteiger partial charge in [0.05, 0.1) is 5.60 Å². The lowest BCUT2D eigenvalue weighted by atomic mass is 9.75. The fourth-order valence-corrected chi connectivity index (χ4v) is 3.19. The average molecular weight is 247 g/mol. The van der Waals surface area contributed by atoms with Gasteiger partial charge < -0.3 is 9.47 Å². The number of hydrogen-bond acceptors (Lipinski definition) is 2. The molecule has 2 saturated heterocycles. The van der Waals surface area contributed by atoms with Crippen LogP contribution in [0.4, 0.5) is 0 Å². The third-order valence-corrected chi connectivity index (χ3v) is 4.80. The molecule has 2 fully saturated rings. The van der Waals surface area contributed by atoms with Gasteiger partial charge >= 0.3 is 0 Å². The summed E-state index contributed by atoms with van der Waals surface area (Å²) in [5.74, 6) is 1.31. The summed E-state index contributed by atoms with van der Waals surface area (Å²) in [6.07, 6.45) is 4.47. The van der Waals surface area contributed by atoms with Crippen molar-refractivity contribution in [3.63, 3.8) is 0 Å². The quantitative estimate of drug-likeness (QED) is 0.697. The van der Waals surface area contributed by atoms with Crippen LogP contribution < -0.4 is 0 Å². The molecule has 0 aromatic rings. The predicted molar refractivity (Wildman–Crippen MR) is 65.9 cm³/mol. The van der Waals surface area contributed by atoms with Gasteiger partial charge in [0, 0.05) is 25.2 Å². The number of halogens is 1. The van der Waals surface area contributed by atoms with E-state index >= 15 is 0 Å². The molecule has 0 N–H and O–H groups in total. The van der Waals surface area contributed by atoms with Gasteiger partial charge in [0.25, 0.3) is 0 Å². The SMILES string of the molecule is CC(Cl)C(C)C1CCOC2(CCOCC2)C1. The molecule has 0 aliphatic carbocycles. The Morgan fingerprint density at radius 2 is 1.88 bits per heavy atom. The van der Waals surface area contributed by atoms with Crippen LogP contribution in [-0.4, -0.2) is 30.8 Å². The van der Waals surface area contributed by atoms with E-state index in [1.165, 1.54) is 12.8 Å². The highest BCUT2D eigenvalue weighted by atomic mass is 35.5. The molecule has 0 aromatic carbocycles. The largest absolute Gasteiger partial charge is 0.381 e. The Hall–Kier alpha value is 0.210. The minimum atomic E-state index is 0.112. The van der Waals surface area contributed by atoms with Crippen LogP contribution in [0.5, 0.6) is 0 Å². The molecule has 2 heterocycles. The van der Waals surface area contributed by atoms with E-state index in [-0.39, 0.29) is 11.0 Å². The number of ether oxygens (including phenoxy) is 2. The average Bonchev–Trinajstić information content (AvgIpc) is 2.29. The van der Waals surface area contributed by atoms with Crippen molar-refractivity contribution in [1.82, 2.24) is 0 Å². The maximum atomic E-state index is 6.22. The summed E-state index contributed by atoms with van der Waals surface area (Å²) in [5, 5.41) is 0.264. The zero-order valence-electron chi connectivity index (χ0n) is 10.4. The molecule has 3 unspecified atom stereocenters. The summed E-state index contributed by atoms with van der Waals surface area (Å²) in [6.45, 7) is 7.01. The maximum Gasteiger partial charge on any atom is 0.0729 e. The zero-order valence-corrected chi connectivity index (χ0v) is 11.1. The standard InChI is InChI=1S/C13H23ClO2/c1-10(11(2)14)12-3-6-16-13(9-12)4-7-15-8-5-13/h10-12H,3-9H2,1-2H3. The van der Waals surface area contributed by atoms with Crippen molar-refractivity contribution in [2.45, 2.75) is 50.5 Å². The van der Waals surface area contributed by atoms with Crippen LogP contribution in [0, 0.1) is 11.8 Å². The van der Waals surface area contributed by atoms with Crippen molar-refractivity contribution in [2.24, 2.45) is 11.8 Å². The zero-order chi connectivity index (χ0) is 11.6. The molecule has 0 radical (unpaired) electrons. The van der Waals surface area contributed by atoms with E-state index in [0.29, 0.717) is 5.92 Å². The first-order valence-corrected chi connectivity index (χ1v) is 6.92. The lowest BCUT2D eigenvalue weighted by Gasteiger charge is -2.45. The first-order chi connectivity index (χ1) is 7.63. The molecule has 0 saturated carbocycles. The van der Waals surface area contributed by atoms with Crippen molar-refractivity contribution < 1.29 is 9.47 Å². The van der Waals surface area contributed by atoms with E-state index in [2.05, 4.69) is 13.8 Å². The Morgan fingerprint density at radius 3 is 2.50 bits per heavy atom. The van der Waals surface area contributed by atoms with Crippen LogP contribution in [-0.2, 0) is 9.47 Å². The predicted octanol–water partition coefficient (Wildman–Crippen LogP) is 3.23. The van der Waals surface area contributed by atoms with Crippen LogP contribution in [0.3, 0.4) is 0 Å². The van der Waals surface area contributed by atoms with Crippen LogP contribution in [0.25, 0.3) is 0 Å². The molecule has 2 rings (SSSR count). The number of rotatable bonds is 2. The number of hydrogen-bond donors (Lipinski definition) is 0. The molecule has 2 nitrogen and oxygen atoms in total. The highest BCUT2D eigenvalue weighted by molar-refractivity contribution is 6.20. The molecule has 0 aromatic heterocycles. The van der Waals surface area contributed by atoms with Gasteiger partial charge in [-0.2, -0.15) is 0 Å². The Morgan fingerprint density at radius 1 is 1.19 bits per heavy atom. The summed E-state index contributed by atoms with van der Waals surface area (Å²) < 4.78 is 11.5. The van der Waals surface area contributed by atoms with Crippen LogP contribution in [0.15, 0.2) is 0 Å². The van der Waals surface area contributed by atoms with Crippen molar-refractivity contribution in [3.05, 3.63) is 0 Å². The molecule has 2 aliphatic rings. The Labute approximate surface area is 104 Å². The molecule has 94 valence electrons. The van der Waals surface area contributed by atoms with Crippen LogP contribution in [0.2, 0.25) is 0 Å². The van der Waals surface area contributed by atoms with Gasteiger partial charge in [-0.25, -0.2) is 0 Å². The van der Waals surface area contributed by atoms with Crippen LogP contribution in [0.1, 0.15) is 39.5 Å². The minimum Gasteiger partial charge on any atom is -0.381 e. The molecule has 3 atom stereocenters. The van der Waals surface area contributed by atoms with E-state index in [4.69, 9.17) is 21.1 Å². The second kappa shape index (κ2) is 5.24. The molecule has 0 bridgehead atoms. The lowest BCUT2D eigenvalue weighted by molar-refractivity contribution is -0.151. The topological polar surface area (TPSA) is 18.5 Å².